The molecule has 0 saturated heterocycles. The predicted octanol–water partition coefficient (Wildman–Crippen LogP) is 5.64. The number of benzene rings is 2. The fourth-order valence-electron chi connectivity index (χ4n) is 4.56. The van der Waals surface area contributed by atoms with Gasteiger partial charge in [-0.2, -0.15) is 0 Å². The van der Waals surface area contributed by atoms with Crippen LogP contribution in [0.5, 0.6) is 0 Å². The highest BCUT2D eigenvalue weighted by molar-refractivity contribution is 6.05. The third-order valence-corrected chi connectivity index (χ3v) is 6.53. The van der Waals surface area contributed by atoms with Gasteiger partial charge in [0.15, 0.2) is 0 Å². The highest BCUT2D eigenvalue weighted by Crippen LogP contribution is 2.31. The zero-order valence-electron chi connectivity index (χ0n) is 19.0. The number of fused-ring (bicyclic) bond motifs is 1. The maximum Gasteiger partial charge on any atom is 0.256 e. The molecular formula is C27H27N5O2. The molecule has 2 aromatic carbocycles. The highest BCUT2D eigenvalue weighted by Gasteiger charge is 2.27. The summed E-state index contributed by atoms with van der Waals surface area (Å²) in [5.74, 6) is 1.60. The topological polar surface area (TPSA) is 99.8 Å². The lowest BCUT2D eigenvalue weighted by Crippen LogP contribution is -2.30. The summed E-state index contributed by atoms with van der Waals surface area (Å²) in [5, 5.41) is 5.85. The van der Waals surface area contributed by atoms with E-state index in [9.17, 15) is 9.59 Å². The van der Waals surface area contributed by atoms with Crippen LogP contribution in [0.4, 0.5) is 11.5 Å². The Morgan fingerprint density at radius 1 is 0.971 bits per heavy atom. The van der Waals surface area contributed by atoms with Crippen LogP contribution in [0.1, 0.15) is 43.0 Å². The van der Waals surface area contributed by atoms with Gasteiger partial charge in [0.2, 0.25) is 5.91 Å². The first kappa shape index (κ1) is 21.8. The number of anilines is 2. The van der Waals surface area contributed by atoms with Crippen molar-refractivity contribution >= 4 is 34.4 Å². The molecule has 4 aromatic rings. The lowest BCUT2D eigenvalue weighted by Gasteiger charge is -2.27. The van der Waals surface area contributed by atoms with Crippen molar-refractivity contribution in [1.82, 2.24) is 15.0 Å². The van der Waals surface area contributed by atoms with E-state index in [2.05, 4.69) is 32.5 Å². The van der Waals surface area contributed by atoms with Gasteiger partial charge in [0.1, 0.15) is 11.6 Å². The Labute approximate surface area is 198 Å². The summed E-state index contributed by atoms with van der Waals surface area (Å²) in [6.45, 7) is 2.17. The van der Waals surface area contributed by atoms with Crippen LogP contribution in [-0.2, 0) is 4.79 Å². The van der Waals surface area contributed by atoms with Crippen LogP contribution in [0.15, 0.2) is 66.9 Å². The van der Waals surface area contributed by atoms with Gasteiger partial charge in [0.05, 0.1) is 11.0 Å². The van der Waals surface area contributed by atoms with Crippen molar-refractivity contribution in [3.63, 3.8) is 0 Å². The number of nitrogens with zero attached hydrogens (tertiary/aromatic N) is 2. The second-order valence-electron chi connectivity index (χ2n) is 8.92. The number of carbonyl (C=O) groups excluding carboxylic acids is 2. The average molecular weight is 454 g/mol. The van der Waals surface area contributed by atoms with Gasteiger partial charge in [-0.25, -0.2) is 9.97 Å². The van der Waals surface area contributed by atoms with E-state index in [-0.39, 0.29) is 17.7 Å². The molecule has 1 saturated carbocycles. The summed E-state index contributed by atoms with van der Waals surface area (Å²) in [7, 11) is 0. The normalized spacial score (nSPS) is 17.9. The number of aromatic amines is 1. The molecule has 1 aliphatic rings. The van der Waals surface area contributed by atoms with Crippen molar-refractivity contribution in [2.45, 2.75) is 32.6 Å². The summed E-state index contributed by atoms with van der Waals surface area (Å²) in [6.07, 6.45) is 6.06. The number of hydrogen-bond donors (Lipinski definition) is 3. The van der Waals surface area contributed by atoms with Gasteiger partial charge >= 0.3 is 0 Å². The molecule has 7 nitrogen and oxygen atoms in total. The van der Waals surface area contributed by atoms with E-state index >= 15 is 0 Å². The summed E-state index contributed by atoms with van der Waals surface area (Å²) >= 11 is 0. The van der Waals surface area contributed by atoms with Gasteiger partial charge in [0, 0.05) is 28.9 Å². The van der Waals surface area contributed by atoms with E-state index in [1.54, 1.807) is 30.5 Å². The molecule has 0 radical (unpaired) electrons. The highest BCUT2D eigenvalue weighted by atomic mass is 16.2. The Hall–Kier alpha value is -4.00. The molecule has 1 aliphatic carbocycles. The van der Waals surface area contributed by atoms with E-state index in [1.165, 1.54) is 6.42 Å². The van der Waals surface area contributed by atoms with Gasteiger partial charge in [-0.05, 0) is 73.4 Å². The Kier molecular flexibility index (Phi) is 6.08. The minimum atomic E-state index is -0.238. The number of amides is 2. The van der Waals surface area contributed by atoms with Crippen LogP contribution in [0.2, 0.25) is 0 Å². The van der Waals surface area contributed by atoms with Crippen molar-refractivity contribution in [3.8, 4) is 11.4 Å². The number of carbonyl (C=O) groups is 2. The number of imidazole rings is 1. The second-order valence-corrected chi connectivity index (χ2v) is 8.92. The molecule has 5 rings (SSSR count). The lowest BCUT2D eigenvalue weighted by molar-refractivity contribution is -0.122. The maximum atomic E-state index is 12.7. The summed E-state index contributed by atoms with van der Waals surface area (Å²) < 4.78 is 0. The fourth-order valence-corrected chi connectivity index (χ4v) is 4.56. The van der Waals surface area contributed by atoms with Gasteiger partial charge in [0.25, 0.3) is 5.91 Å². The molecule has 1 fully saturated rings. The van der Waals surface area contributed by atoms with Gasteiger partial charge in [-0.1, -0.05) is 25.8 Å². The number of H-pyrrole nitrogens is 1. The van der Waals surface area contributed by atoms with Gasteiger partial charge < -0.3 is 15.6 Å². The molecule has 2 unspecified atom stereocenters. The second kappa shape index (κ2) is 9.47. The molecule has 2 amide bonds. The first-order valence-corrected chi connectivity index (χ1v) is 11.7. The van der Waals surface area contributed by atoms with Crippen molar-refractivity contribution in [1.29, 1.82) is 0 Å². The zero-order valence-corrected chi connectivity index (χ0v) is 19.0. The van der Waals surface area contributed by atoms with E-state index < -0.39 is 0 Å². The SMILES string of the molecule is CC1CCCCC1C(=O)Nc1ccc(-c2nc3cc(C(=O)Nc4ccccn4)ccc3[nH]2)cc1. The largest absolute Gasteiger partial charge is 0.338 e. The number of nitrogens with one attached hydrogen (secondary N) is 3. The standard InChI is InChI=1S/C27H27N5O2/c1-17-6-2-3-7-21(17)27(34)29-20-12-9-18(10-13-20)25-30-22-14-11-19(16-23(22)31-25)26(33)32-24-8-4-5-15-28-24/h4-5,8-17,21H,2-3,6-7H2,1H3,(H,29,34)(H,30,31)(H,28,32,33). The first-order chi connectivity index (χ1) is 16.6. The molecule has 2 heterocycles. The Morgan fingerprint density at radius 3 is 2.56 bits per heavy atom. The van der Waals surface area contributed by atoms with E-state index in [1.807, 2.05) is 36.4 Å². The molecule has 3 N–H and O–H groups in total. The maximum absolute atomic E-state index is 12.7. The Bertz CT molecular complexity index is 1310. The fraction of sp³-hybridized carbons (Fsp3) is 0.259. The minimum absolute atomic E-state index is 0.0906. The average Bonchev–Trinajstić information content (AvgIpc) is 3.29. The molecule has 0 spiro atoms. The monoisotopic (exact) mass is 453 g/mol. The first-order valence-electron chi connectivity index (χ1n) is 11.7. The van der Waals surface area contributed by atoms with Crippen molar-refractivity contribution in [3.05, 3.63) is 72.4 Å². The number of rotatable bonds is 5. The lowest BCUT2D eigenvalue weighted by atomic mass is 9.80. The van der Waals surface area contributed by atoms with Gasteiger partial charge in [-0.3, -0.25) is 9.59 Å². The van der Waals surface area contributed by atoms with Crippen LogP contribution in [0.25, 0.3) is 22.4 Å². The predicted molar refractivity (Wildman–Crippen MR) is 133 cm³/mol. The molecule has 34 heavy (non-hydrogen) atoms. The van der Waals surface area contributed by atoms with Crippen LogP contribution < -0.4 is 10.6 Å². The molecule has 7 heteroatoms. The van der Waals surface area contributed by atoms with Crippen LogP contribution in [-0.4, -0.2) is 26.8 Å². The van der Waals surface area contributed by atoms with Crippen molar-refractivity contribution in [2.75, 3.05) is 10.6 Å². The minimum Gasteiger partial charge on any atom is -0.338 e. The molecule has 2 atom stereocenters. The van der Waals surface area contributed by atoms with Crippen molar-refractivity contribution < 1.29 is 9.59 Å². The third kappa shape index (κ3) is 4.69. The van der Waals surface area contributed by atoms with Crippen molar-refractivity contribution in [2.24, 2.45) is 11.8 Å². The summed E-state index contributed by atoms with van der Waals surface area (Å²) in [5.41, 5.74) is 3.74. The van der Waals surface area contributed by atoms with E-state index in [4.69, 9.17) is 0 Å². The van der Waals surface area contributed by atoms with Crippen LogP contribution in [0.3, 0.4) is 0 Å². The smallest absolute Gasteiger partial charge is 0.256 e. The molecule has 0 aliphatic heterocycles. The Balaban J connectivity index is 1.29. The zero-order chi connectivity index (χ0) is 23.5. The third-order valence-electron chi connectivity index (χ3n) is 6.53. The van der Waals surface area contributed by atoms with E-state index in [0.29, 0.717) is 28.6 Å². The number of hydrogen-bond acceptors (Lipinski definition) is 4. The number of aromatic nitrogens is 3. The van der Waals surface area contributed by atoms with Crippen LogP contribution >= 0.6 is 0 Å². The van der Waals surface area contributed by atoms with E-state index in [0.717, 1.165) is 36.0 Å². The number of pyridine rings is 1. The molecular weight excluding hydrogens is 426 g/mol. The van der Waals surface area contributed by atoms with Crippen LogP contribution in [0, 0.1) is 11.8 Å². The molecule has 172 valence electrons. The quantitative estimate of drug-likeness (QED) is 0.364. The van der Waals surface area contributed by atoms with Gasteiger partial charge in [-0.15, -0.1) is 0 Å². The summed E-state index contributed by atoms with van der Waals surface area (Å²) in [6, 6.07) is 18.4. The summed E-state index contributed by atoms with van der Waals surface area (Å²) in [4.78, 5) is 37.4. The molecule has 0 bridgehead atoms. The Morgan fingerprint density at radius 2 is 1.79 bits per heavy atom. The molecule has 2 aromatic heterocycles.